The van der Waals surface area contributed by atoms with E-state index in [2.05, 4.69) is 10.6 Å². The van der Waals surface area contributed by atoms with Gasteiger partial charge in [0.25, 0.3) is 5.91 Å². The second kappa shape index (κ2) is 6.11. The molecule has 4 heteroatoms. The van der Waals surface area contributed by atoms with Gasteiger partial charge < -0.3 is 10.6 Å². The van der Waals surface area contributed by atoms with Gasteiger partial charge in [-0.2, -0.15) is 0 Å². The second-order valence-electron chi connectivity index (χ2n) is 7.16. The van der Waals surface area contributed by atoms with Crippen LogP contribution in [-0.4, -0.2) is 17.2 Å². The molecule has 124 valence electrons. The Labute approximate surface area is 142 Å². The van der Waals surface area contributed by atoms with Crippen molar-refractivity contribution in [2.24, 2.45) is 5.41 Å². The molecule has 1 atom stereocenters. The SMILES string of the molecule is CC1(C)CC(=O)[C@@](Nc2ccccc2)(C(=O)Nc2ccccc2)C1. The van der Waals surface area contributed by atoms with Crippen LogP contribution in [0.5, 0.6) is 0 Å². The van der Waals surface area contributed by atoms with Crippen LogP contribution in [0.25, 0.3) is 0 Å². The molecule has 0 spiro atoms. The smallest absolute Gasteiger partial charge is 0.257 e. The lowest BCUT2D eigenvalue weighted by molar-refractivity contribution is -0.129. The second-order valence-corrected chi connectivity index (χ2v) is 7.16. The third-order valence-corrected chi connectivity index (χ3v) is 4.41. The summed E-state index contributed by atoms with van der Waals surface area (Å²) >= 11 is 0. The number of anilines is 2. The minimum atomic E-state index is -1.24. The van der Waals surface area contributed by atoms with E-state index in [9.17, 15) is 9.59 Å². The fourth-order valence-electron chi connectivity index (χ4n) is 3.37. The molecule has 0 aromatic heterocycles. The number of nitrogens with one attached hydrogen (secondary N) is 2. The van der Waals surface area contributed by atoms with Crippen LogP contribution in [-0.2, 0) is 9.59 Å². The van der Waals surface area contributed by atoms with Gasteiger partial charge in [-0.05, 0) is 36.1 Å². The van der Waals surface area contributed by atoms with Crippen molar-refractivity contribution in [1.82, 2.24) is 0 Å². The molecule has 0 radical (unpaired) electrons. The number of amides is 1. The van der Waals surface area contributed by atoms with Crippen LogP contribution in [0.2, 0.25) is 0 Å². The number of carbonyl (C=O) groups excluding carboxylic acids is 2. The monoisotopic (exact) mass is 322 g/mol. The van der Waals surface area contributed by atoms with Crippen molar-refractivity contribution in [2.45, 2.75) is 32.2 Å². The fourth-order valence-corrected chi connectivity index (χ4v) is 3.37. The van der Waals surface area contributed by atoms with E-state index in [-0.39, 0.29) is 17.1 Å². The number of carbonyl (C=O) groups is 2. The quantitative estimate of drug-likeness (QED) is 0.840. The first-order chi connectivity index (χ1) is 11.4. The van der Waals surface area contributed by atoms with Gasteiger partial charge in [-0.3, -0.25) is 9.59 Å². The highest BCUT2D eigenvalue weighted by molar-refractivity contribution is 6.19. The minimum Gasteiger partial charge on any atom is -0.365 e. The molecule has 1 aliphatic rings. The zero-order valence-electron chi connectivity index (χ0n) is 14.0. The van der Waals surface area contributed by atoms with Gasteiger partial charge in [0.1, 0.15) is 0 Å². The average molecular weight is 322 g/mol. The Morgan fingerprint density at radius 2 is 1.46 bits per heavy atom. The molecule has 1 amide bonds. The lowest BCUT2D eigenvalue weighted by Crippen LogP contribution is -2.53. The van der Waals surface area contributed by atoms with Crippen LogP contribution in [0.3, 0.4) is 0 Å². The van der Waals surface area contributed by atoms with Crippen LogP contribution < -0.4 is 10.6 Å². The summed E-state index contributed by atoms with van der Waals surface area (Å²) in [6.07, 6.45) is 0.849. The van der Waals surface area contributed by atoms with E-state index in [4.69, 9.17) is 0 Å². The molecule has 0 heterocycles. The van der Waals surface area contributed by atoms with Crippen molar-refractivity contribution in [3.63, 3.8) is 0 Å². The van der Waals surface area contributed by atoms with Gasteiger partial charge in [0.05, 0.1) is 0 Å². The van der Waals surface area contributed by atoms with E-state index in [1.54, 1.807) is 0 Å². The summed E-state index contributed by atoms with van der Waals surface area (Å²) < 4.78 is 0. The highest BCUT2D eigenvalue weighted by Gasteiger charge is 2.55. The number of Topliss-reactive ketones (excluding diaryl/α,β-unsaturated/α-hetero) is 1. The normalized spacial score (nSPS) is 22.2. The molecule has 0 saturated heterocycles. The topological polar surface area (TPSA) is 58.2 Å². The number of benzene rings is 2. The Morgan fingerprint density at radius 3 is 1.96 bits per heavy atom. The highest BCUT2D eigenvalue weighted by Crippen LogP contribution is 2.43. The maximum Gasteiger partial charge on any atom is 0.257 e. The lowest BCUT2D eigenvalue weighted by Gasteiger charge is -2.30. The first kappa shape index (κ1) is 16.2. The van der Waals surface area contributed by atoms with Crippen molar-refractivity contribution in [1.29, 1.82) is 0 Å². The third-order valence-electron chi connectivity index (χ3n) is 4.41. The van der Waals surface area contributed by atoms with E-state index in [1.807, 2.05) is 74.5 Å². The van der Waals surface area contributed by atoms with E-state index in [0.29, 0.717) is 18.5 Å². The molecule has 0 aliphatic heterocycles. The predicted octanol–water partition coefficient (Wildman–Crippen LogP) is 3.87. The summed E-state index contributed by atoms with van der Waals surface area (Å²) in [6.45, 7) is 4.05. The molecule has 24 heavy (non-hydrogen) atoms. The van der Waals surface area contributed by atoms with Gasteiger partial charge in [-0.15, -0.1) is 0 Å². The van der Waals surface area contributed by atoms with Crippen molar-refractivity contribution in [3.05, 3.63) is 60.7 Å². The minimum absolute atomic E-state index is 0.0650. The van der Waals surface area contributed by atoms with E-state index in [0.717, 1.165) is 5.69 Å². The Morgan fingerprint density at radius 1 is 0.917 bits per heavy atom. The molecular formula is C20H22N2O2. The molecule has 4 nitrogen and oxygen atoms in total. The average Bonchev–Trinajstić information content (AvgIpc) is 2.79. The van der Waals surface area contributed by atoms with Crippen molar-refractivity contribution in [2.75, 3.05) is 10.6 Å². The molecule has 2 N–H and O–H groups in total. The number of hydrogen-bond donors (Lipinski definition) is 2. The van der Waals surface area contributed by atoms with Gasteiger partial charge in [0, 0.05) is 17.8 Å². The number of rotatable bonds is 4. The van der Waals surface area contributed by atoms with Crippen LogP contribution in [0.15, 0.2) is 60.7 Å². The van der Waals surface area contributed by atoms with E-state index < -0.39 is 5.54 Å². The molecule has 1 aliphatic carbocycles. The zero-order valence-corrected chi connectivity index (χ0v) is 14.0. The summed E-state index contributed by atoms with van der Waals surface area (Å²) in [7, 11) is 0. The largest absolute Gasteiger partial charge is 0.365 e. The van der Waals surface area contributed by atoms with Crippen molar-refractivity contribution < 1.29 is 9.59 Å². The van der Waals surface area contributed by atoms with Gasteiger partial charge >= 0.3 is 0 Å². The summed E-state index contributed by atoms with van der Waals surface area (Å²) in [5, 5.41) is 6.11. The number of para-hydroxylation sites is 2. The third kappa shape index (κ3) is 3.18. The molecule has 0 unspecified atom stereocenters. The van der Waals surface area contributed by atoms with Crippen LogP contribution in [0.4, 0.5) is 11.4 Å². The Kier molecular flexibility index (Phi) is 4.14. The summed E-state index contributed by atoms with van der Waals surface area (Å²) in [5.74, 6) is -0.363. The maximum atomic E-state index is 13.0. The lowest BCUT2D eigenvalue weighted by atomic mass is 9.86. The molecule has 1 saturated carbocycles. The van der Waals surface area contributed by atoms with Crippen molar-refractivity contribution in [3.8, 4) is 0 Å². The van der Waals surface area contributed by atoms with Crippen molar-refractivity contribution >= 4 is 23.1 Å². The van der Waals surface area contributed by atoms with Gasteiger partial charge in [-0.1, -0.05) is 50.2 Å². The van der Waals surface area contributed by atoms with Gasteiger partial charge in [-0.25, -0.2) is 0 Å². The Hall–Kier alpha value is -2.62. The molecule has 1 fully saturated rings. The van der Waals surface area contributed by atoms with Gasteiger partial charge in [0.2, 0.25) is 0 Å². The van der Waals surface area contributed by atoms with Crippen LogP contribution >= 0.6 is 0 Å². The van der Waals surface area contributed by atoms with E-state index >= 15 is 0 Å². The van der Waals surface area contributed by atoms with Crippen LogP contribution in [0, 0.1) is 5.41 Å². The molecule has 0 bridgehead atoms. The molecule has 2 aromatic rings. The summed E-state index contributed by atoms with van der Waals surface area (Å²) in [6, 6.07) is 18.6. The maximum absolute atomic E-state index is 13.0. The van der Waals surface area contributed by atoms with Crippen LogP contribution in [0.1, 0.15) is 26.7 Å². The standard InChI is InChI=1S/C20H22N2O2/c1-19(2)13-17(23)20(14-19,22-16-11-7-4-8-12-16)18(24)21-15-9-5-3-6-10-15/h3-12,22H,13-14H2,1-2H3,(H,21,24)/t20-/m1/s1. The number of ketones is 1. The predicted molar refractivity (Wildman–Crippen MR) is 95.9 cm³/mol. The molecular weight excluding hydrogens is 300 g/mol. The zero-order chi connectivity index (χ0) is 17.2. The Balaban J connectivity index is 1.93. The molecule has 2 aromatic carbocycles. The number of hydrogen-bond acceptors (Lipinski definition) is 3. The Bertz CT molecular complexity index is 741. The molecule has 3 rings (SSSR count). The first-order valence-electron chi connectivity index (χ1n) is 8.14. The van der Waals surface area contributed by atoms with Gasteiger partial charge in [0.15, 0.2) is 11.3 Å². The summed E-state index contributed by atoms with van der Waals surface area (Å²) in [5.41, 5.74) is 0.00846. The summed E-state index contributed by atoms with van der Waals surface area (Å²) in [4.78, 5) is 25.9. The first-order valence-corrected chi connectivity index (χ1v) is 8.14. The fraction of sp³-hybridized carbons (Fsp3) is 0.300. The highest BCUT2D eigenvalue weighted by atomic mass is 16.2. The van der Waals surface area contributed by atoms with E-state index in [1.165, 1.54) is 0 Å².